The van der Waals surface area contributed by atoms with Crippen LogP contribution in [-0.4, -0.2) is 41.1 Å². The fourth-order valence-electron chi connectivity index (χ4n) is 3.36. The van der Waals surface area contributed by atoms with E-state index in [1.165, 1.54) is 25.9 Å². The monoisotopic (exact) mass is 260 g/mol. The third-order valence-electron chi connectivity index (χ3n) is 4.43. The second kappa shape index (κ2) is 4.85. The number of aryl methyl sites for hydroxylation is 1. The molecule has 0 saturated carbocycles. The molecule has 2 N–H and O–H groups in total. The van der Waals surface area contributed by atoms with Crippen LogP contribution in [0.5, 0.6) is 0 Å². The number of fused-ring (bicyclic) bond motifs is 1. The average molecular weight is 260 g/mol. The lowest BCUT2D eigenvalue weighted by Gasteiger charge is -2.23. The Morgan fingerprint density at radius 3 is 3.00 bits per heavy atom. The van der Waals surface area contributed by atoms with Gasteiger partial charge in [-0.3, -0.25) is 4.90 Å². The highest BCUT2D eigenvalue weighted by molar-refractivity contribution is 5.89. The summed E-state index contributed by atoms with van der Waals surface area (Å²) in [6.45, 7) is 4.41. The van der Waals surface area contributed by atoms with Crippen molar-refractivity contribution in [3.05, 3.63) is 29.3 Å². The maximum absolute atomic E-state index is 11.0. The number of hydrogen-bond acceptors (Lipinski definition) is 3. The summed E-state index contributed by atoms with van der Waals surface area (Å²) >= 11 is 0. The number of benzene rings is 1. The van der Waals surface area contributed by atoms with Crippen molar-refractivity contribution in [2.24, 2.45) is 0 Å². The second-order valence-electron chi connectivity index (χ2n) is 5.62. The van der Waals surface area contributed by atoms with E-state index in [1.807, 2.05) is 13.0 Å². The first-order chi connectivity index (χ1) is 9.15. The Morgan fingerprint density at radius 1 is 1.37 bits per heavy atom. The third-order valence-corrected chi connectivity index (χ3v) is 4.43. The number of carboxylic acids is 1. The first-order valence-corrected chi connectivity index (χ1v) is 6.99. The summed E-state index contributed by atoms with van der Waals surface area (Å²) in [5.74, 6) is -0.864. The Morgan fingerprint density at radius 2 is 2.21 bits per heavy atom. The highest BCUT2D eigenvalue weighted by Gasteiger charge is 2.37. The topological polar surface area (TPSA) is 52.6 Å². The molecule has 4 heteroatoms. The number of rotatable bonds is 3. The lowest BCUT2D eigenvalue weighted by Crippen LogP contribution is -2.34. The van der Waals surface area contributed by atoms with Gasteiger partial charge in [-0.05, 0) is 50.4 Å². The van der Waals surface area contributed by atoms with Crippen molar-refractivity contribution < 1.29 is 9.90 Å². The van der Waals surface area contributed by atoms with Crippen LogP contribution in [0.15, 0.2) is 18.2 Å². The number of hydrogen-bond donors (Lipinski definition) is 2. The Kier molecular flexibility index (Phi) is 3.19. The Hall–Kier alpha value is -1.55. The average Bonchev–Trinajstić information content (AvgIpc) is 2.96. The van der Waals surface area contributed by atoms with E-state index in [0.29, 0.717) is 17.6 Å². The number of aromatic carboxylic acids is 1. The van der Waals surface area contributed by atoms with Gasteiger partial charge in [-0.15, -0.1) is 0 Å². The Labute approximate surface area is 113 Å². The van der Waals surface area contributed by atoms with Gasteiger partial charge in [-0.25, -0.2) is 4.79 Å². The normalized spacial score (nSPS) is 26.4. The lowest BCUT2D eigenvalue weighted by atomic mass is 10.0. The van der Waals surface area contributed by atoms with E-state index in [2.05, 4.69) is 10.2 Å². The third kappa shape index (κ3) is 2.32. The van der Waals surface area contributed by atoms with Crippen LogP contribution in [0, 0.1) is 6.92 Å². The van der Waals surface area contributed by atoms with Crippen molar-refractivity contribution in [3.63, 3.8) is 0 Å². The van der Waals surface area contributed by atoms with E-state index < -0.39 is 5.97 Å². The molecule has 0 radical (unpaired) electrons. The van der Waals surface area contributed by atoms with Gasteiger partial charge in [0.25, 0.3) is 0 Å². The fraction of sp³-hybridized carbons (Fsp3) is 0.533. The summed E-state index contributed by atoms with van der Waals surface area (Å²) in [4.78, 5) is 13.6. The van der Waals surface area contributed by atoms with Crippen molar-refractivity contribution in [2.75, 3.05) is 18.4 Å². The van der Waals surface area contributed by atoms with Crippen LogP contribution in [0.4, 0.5) is 5.69 Å². The van der Waals surface area contributed by atoms with E-state index in [1.54, 1.807) is 12.1 Å². The van der Waals surface area contributed by atoms with Crippen LogP contribution in [0.2, 0.25) is 0 Å². The van der Waals surface area contributed by atoms with Crippen molar-refractivity contribution >= 4 is 11.7 Å². The van der Waals surface area contributed by atoms with Crippen LogP contribution in [-0.2, 0) is 0 Å². The number of nitrogens with zero attached hydrogens (tertiary/aromatic N) is 1. The number of carbonyl (C=O) groups is 1. The maximum Gasteiger partial charge on any atom is 0.335 e. The van der Waals surface area contributed by atoms with E-state index >= 15 is 0 Å². The van der Waals surface area contributed by atoms with Gasteiger partial charge >= 0.3 is 5.97 Å². The molecule has 2 unspecified atom stereocenters. The van der Waals surface area contributed by atoms with Gasteiger partial charge in [-0.1, -0.05) is 6.07 Å². The predicted octanol–water partition coefficient (Wildman–Crippen LogP) is 2.34. The molecular weight excluding hydrogens is 240 g/mol. The summed E-state index contributed by atoms with van der Waals surface area (Å²) in [5.41, 5.74) is 2.44. The van der Waals surface area contributed by atoms with Crippen LogP contribution >= 0.6 is 0 Å². The molecule has 102 valence electrons. The van der Waals surface area contributed by atoms with E-state index in [0.717, 1.165) is 17.7 Å². The lowest BCUT2D eigenvalue weighted by molar-refractivity contribution is 0.0697. The molecule has 0 amide bonds. The minimum Gasteiger partial charge on any atom is -0.478 e. The first-order valence-electron chi connectivity index (χ1n) is 6.99. The molecule has 2 fully saturated rings. The van der Waals surface area contributed by atoms with Gasteiger partial charge in [0.15, 0.2) is 0 Å². The summed E-state index contributed by atoms with van der Waals surface area (Å²) < 4.78 is 0. The van der Waals surface area contributed by atoms with Gasteiger partial charge < -0.3 is 10.4 Å². The van der Waals surface area contributed by atoms with Crippen LogP contribution in [0.1, 0.15) is 35.2 Å². The molecular formula is C15H20N2O2. The minimum absolute atomic E-state index is 0.356. The molecule has 4 nitrogen and oxygen atoms in total. The molecule has 2 saturated heterocycles. The highest BCUT2D eigenvalue weighted by Crippen LogP contribution is 2.31. The molecule has 2 atom stereocenters. The molecule has 2 aliphatic heterocycles. The summed E-state index contributed by atoms with van der Waals surface area (Å²) in [7, 11) is 0. The Balaban J connectivity index is 1.79. The predicted molar refractivity (Wildman–Crippen MR) is 74.8 cm³/mol. The second-order valence-corrected chi connectivity index (χ2v) is 5.62. The quantitative estimate of drug-likeness (QED) is 0.876. The zero-order chi connectivity index (χ0) is 13.4. The molecule has 1 aromatic carbocycles. The molecule has 0 bridgehead atoms. The molecule has 0 aromatic heterocycles. The van der Waals surface area contributed by atoms with Gasteiger partial charge in [0.1, 0.15) is 0 Å². The van der Waals surface area contributed by atoms with Crippen molar-refractivity contribution in [3.8, 4) is 0 Å². The van der Waals surface area contributed by atoms with Crippen LogP contribution in [0.3, 0.4) is 0 Å². The van der Waals surface area contributed by atoms with Crippen LogP contribution < -0.4 is 5.32 Å². The van der Waals surface area contributed by atoms with Gasteiger partial charge in [-0.2, -0.15) is 0 Å². The van der Waals surface area contributed by atoms with Crippen molar-refractivity contribution in [1.29, 1.82) is 0 Å². The molecule has 2 heterocycles. The number of carboxylic acid groups (broad SMARTS) is 1. The van der Waals surface area contributed by atoms with E-state index in [-0.39, 0.29) is 0 Å². The molecule has 0 spiro atoms. The smallest absolute Gasteiger partial charge is 0.335 e. The van der Waals surface area contributed by atoms with Crippen LogP contribution in [0.25, 0.3) is 0 Å². The molecule has 3 rings (SSSR count). The number of nitrogens with one attached hydrogen (secondary N) is 1. The molecule has 1 aromatic rings. The van der Waals surface area contributed by atoms with Gasteiger partial charge in [0, 0.05) is 24.3 Å². The minimum atomic E-state index is -0.864. The zero-order valence-corrected chi connectivity index (χ0v) is 11.2. The summed E-state index contributed by atoms with van der Waals surface area (Å²) in [6.07, 6.45) is 3.70. The largest absolute Gasteiger partial charge is 0.478 e. The Bertz CT molecular complexity index is 501. The molecule has 0 aliphatic carbocycles. The maximum atomic E-state index is 11.0. The summed E-state index contributed by atoms with van der Waals surface area (Å²) in [5, 5.41) is 12.6. The summed E-state index contributed by atoms with van der Waals surface area (Å²) in [6, 6.07) is 6.40. The van der Waals surface area contributed by atoms with E-state index in [4.69, 9.17) is 5.11 Å². The fourth-order valence-corrected chi connectivity index (χ4v) is 3.36. The molecule has 19 heavy (non-hydrogen) atoms. The van der Waals surface area contributed by atoms with Crippen molar-refractivity contribution in [1.82, 2.24) is 4.90 Å². The molecule has 2 aliphatic rings. The van der Waals surface area contributed by atoms with Gasteiger partial charge in [0.05, 0.1) is 5.56 Å². The van der Waals surface area contributed by atoms with E-state index in [9.17, 15) is 4.79 Å². The SMILES string of the molecule is Cc1ccc(C(=O)O)cc1NC1CCN2CCCC12. The number of anilines is 1. The standard InChI is InChI=1S/C15H20N2O2/c1-10-4-5-11(15(18)19)9-13(10)16-12-6-8-17-7-2-3-14(12)17/h4-5,9,12,14,16H,2-3,6-8H2,1H3,(H,18,19). The zero-order valence-electron chi connectivity index (χ0n) is 11.2. The van der Waals surface area contributed by atoms with Crippen molar-refractivity contribution in [2.45, 2.75) is 38.3 Å². The highest BCUT2D eigenvalue weighted by atomic mass is 16.4. The van der Waals surface area contributed by atoms with Gasteiger partial charge in [0.2, 0.25) is 0 Å². The first kappa shape index (κ1) is 12.5.